The van der Waals surface area contributed by atoms with Crippen LogP contribution in [-0.2, 0) is 19.2 Å². The number of Topliss-reactive ketones (excluding diaryl/α,β-unsaturated/α-hetero) is 1. The van der Waals surface area contributed by atoms with E-state index in [2.05, 4.69) is 25.5 Å². The molecule has 1 atom stereocenters. The second-order valence-corrected chi connectivity index (χ2v) is 19.3. The van der Waals surface area contributed by atoms with Crippen molar-refractivity contribution in [3.8, 4) is 11.1 Å². The maximum atomic E-state index is 13.7. The summed E-state index contributed by atoms with van der Waals surface area (Å²) in [6.07, 6.45) is 0.996. The number of para-hydroxylation sites is 2. The summed E-state index contributed by atoms with van der Waals surface area (Å²) in [5, 5.41) is 44.7. The molecule has 76 heavy (non-hydrogen) atoms. The molecule has 8 rings (SSSR count). The summed E-state index contributed by atoms with van der Waals surface area (Å²) in [5.74, 6) is -3.70. The summed E-state index contributed by atoms with van der Waals surface area (Å²) in [6, 6.07) is 20.5. The van der Waals surface area contributed by atoms with E-state index in [1.54, 1.807) is 74.2 Å². The first-order valence-corrected chi connectivity index (χ1v) is 25.6. The maximum absolute atomic E-state index is 13.7. The van der Waals surface area contributed by atoms with E-state index in [0.717, 1.165) is 11.1 Å². The number of β-amino-alcohol motifs (C(OH)–C–C–N with tert-alkyl or cyclic N) is 2. The van der Waals surface area contributed by atoms with Crippen molar-refractivity contribution < 1.29 is 58.4 Å². The molecule has 3 aromatic carbocycles. The first-order valence-electron chi connectivity index (χ1n) is 25.6. The Balaban J connectivity index is 0.810. The maximum Gasteiger partial charge on any atom is 0.317 e. The Morgan fingerprint density at radius 3 is 1.95 bits per heavy atom. The topological polar surface area (TPSA) is 286 Å². The van der Waals surface area contributed by atoms with Crippen molar-refractivity contribution in [3.63, 3.8) is 0 Å². The molecule has 3 saturated heterocycles. The molecule has 3 fully saturated rings. The van der Waals surface area contributed by atoms with Gasteiger partial charge in [-0.15, -0.1) is 0 Å². The normalized spacial score (nSPS) is 18.1. The molecule has 0 saturated carbocycles. The number of carbonyl (C=O) groups excluding carboxylic acids is 5. The van der Waals surface area contributed by atoms with E-state index in [0.29, 0.717) is 144 Å². The second-order valence-electron chi connectivity index (χ2n) is 19.3. The summed E-state index contributed by atoms with van der Waals surface area (Å²) in [6.45, 7) is 5.37. The third kappa shape index (κ3) is 14.8. The number of hydrogen-bond donors (Lipinski definition) is 6. The fourth-order valence-electron chi connectivity index (χ4n) is 9.97. The summed E-state index contributed by atoms with van der Waals surface area (Å²) < 4.78 is 5.69. The fraction of sp³-hybridized carbons (Fsp3) is 0.453. The van der Waals surface area contributed by atoms with Gasteiger partial charge in [-0.3, -0.25) is 63.0 Å². The summed E-state index contributed by atoms with van der Waals surface area (Å²) in [5.41, 5.74) is 3.81. The summed E-state index contributed by atoms with van der Waals surface area (Å²) in [7, 11) is 0. The number of nitrogens with one attached hydrogen (secondary N) is 2. The van der Waals surface area contributed by atoms with Crippen molar-refractivity contribution >= 4 is 63.4 Å². The number of likely N-dealkylation sites (tertiary alicyclic amines) is 1. The second kappa shape index (κ2) is 26.0. The monoisotopic (exact) mass is 1050 g/mol. The van der Waals surface area contributed by atoms with Gasteiger partial charge in [0, 0.05) is 122 Å². The summed E-state index contributed by atoms with van der Waals surface area (Å²) >= 11 is 0. The Morgan fingerprint density at radius 1 is 0.632 bits per heavy atom. The number of carboxylic acid groups (broad SMARTS) is 2. The smallest absolute Gasteiger partial charge is 0.317 e. The Labute approximate surface area is 438 Å². The van der Waals surface area contributed by atoms with Crippen molar-refractivity contribution in [2.45, 2.75) is 25.2 Å². The average Bonchev–Trinajstić information content (AvgIpc) is 4.10. The quantitative estimate of drug-likeness (QED) is 0.0506. The number of rotatable bonds is 18. The molecule has 23 nitrogen and oxygen atoms in total. The van der Waals surface area contributed by atoms with Gasteiger partial charge in [-0.05, 0) is 66.4 Å². The lowest BCUT2D eigenvalue weighted by Crippen LogP contribution is -2.53. The van der Waals surface area contributed by atoms with Gasteiger partial charge in [0.1, 0.15) is 11.6 Å². The number of fused-ring (bicyclic) bond motifs is 2. The molecule has 23 heteroatoms. The van der Waals surface area contributed by atoms with Crippen LogP contribution < -0.4 is 10.6 Å². The van der Waals surface area contributed by atoms with Gasteiger partial charge in [-0.1, -0.05) is 30.3 Å². The van der Waals surface area contributed by atoms with Crippen LogP contribution in [0.15, 0.2) is 83.4 Å². The number of amides is 4. The number of aliphatic hydroxyl groups is 2. The number of aliphatic carboxylic acids is 2. The molecule has 3 aliphatic heterocycles. The van der Waals surface area contributed by atoms with E-state index in [9.17, 15) is 54.0 Å². The van der Waals surface area contributed by atoms with E-state index in [1.807, 2.05) is 23.1 Å². The van der Waals surface area contributed by atoms with Crippen molar-refractivity contribution in [1.82, 2.24) is 54.9 Å². The van der Waals surface area contributed by atoms with Crippen LogP contribution in [0.5, 0.6) is 0 Å². The third-order valence-corrected chi connectivity index (χ3v) is 14.1. The zero-order chi connectivity index (χ0) is 53.7. The van der Waals surface area contributed by atoms with Crippen LogP contribution >= 0.6 is 0 Å². The van der Waals surface area contributed by atoms with Gasteiger partial charge in [0.2, 0.25) is 17.6 Å². The molecule has 5 aromatic rings. The molecule has 0 bridgehead atoms. The zero-order valence-corrected chi connectivity index (χ0v) is 42.3. The number of hydrogen-bond acceptors (Lipinski definition) is 17. The molecule has 3 aliphatic rings. The van der Waals surface area contributed by atoms with E-state index in [1.165, 1.54) is 11.1 Å². The lowest BCUT2D eigenvalue weighted by molar-refractivity contribution is -0.139. The van der Waals surface area contributed by atoms with E-state index in [4.69, 9.17) is 4.42 Å². The Kier molecular flexibility index (Phi) is 18.8. The predicted molar refractivity (Wildman–Crippen MR) is 277 cm³/mol. The molecule has 0 radical (unpaired) electrons. The van der Waals surface area contributed by atoms with Gasteiger partial charge in [0.05, 0.1) is 37.3 Å². The van der Waals surface area contributed by atoms with Crippen LogP contribution in [0.2, 0.25) is 0 Å². The van der Waals surface area contributed by atoms with Crippen molar-refractivity contribution in [2.24, 2.45) is 0 Å². The number of aliphatic hydroxyl groups excluding tert-OH is 1. The van der Waals surface area contributed by atoms with Crippen LogP contribution in [0.25, 0.3) is 33.1 Å². The highest BCUT2D eigenvalue weighted by Gasteiger charge is 2.37. The Bertz CT molecular complexity index is 2830. The Hall–Kier alpha value is -7.25. The highest BCUT2D eigenvalue weighted by Crippen LogP contribution is 2.28. The molecular weight excluding hydrogens is 983 g/mol. The molecule has 2 aromatic heterocycles. The molecular formula is C53H65N11O12. The number of ketones is 1. The van der Waals surface area contributed by atoms with E-state index < -0.39 is 36.1 Å². The van der Waals surface area contributed by atoms with Crippen molar-refractivity contribution in [1.29, 1.82) is 0 Å². The van der Waals surface area contributed by atoms with Gasteiger partial charge < -0.3 is 45.3 Å². The molecule has 0 aliphatic carbocycles. The van der Waals surface area contributed by atoms with E-state index >= 15 is 0 Å². The van der Waals surface area contributed by atoms with Crippen LogP contribution in [0.4, 0.5) is 0 Å². The lowest BCUT2D eigenvalue weighted by atomic mass is 9.99. The van der Waals surface area contributed by atoms with Crippen LogP contribution in [-0.4, -0.2) is 249 Å². The van der Waals surface area contributed by atoms with Crippen molar-refractivity contribution in [2.75, 3.05) is 131 Å². The van der Waals surface area contributed by atoms with Gasteiger partial charge in [0.15, 0.2) is 11.9 Å². The molecule has 0 unspecified atom stereocenters. The summed E-state index contributed by atoms with van der Waals surface area (Å²) in [4.78, 5) is 112. The molecule has 404 valence electrons. The highest BCUT2D eigenvalue weighted by molar-refractivity contribution is 6.08. The largest absolute Gasteiger partial charge is 0.480 e. The first-order chi connectivity index (χ1) is 36.7. The van der Waals surface area contributed by atoms with Crippen LogP contribution in [0.3, 0.4) is 0 Å². The molecule has 5 heterocycles. The first kappa shape index (κ1) is 55.0. The minimum absolute atomic E-state index is 0.0547. The zero-order valence-electron chi connectivity index (χ0n) is 42.3. The molecule has 4 amide bonds. The number of oxazole rings is 1. The number of aromatic nitrogens is 2. The predicted octanol–water partition coefficient (Wildman–Crippen LogP) is 0.222. The van der Waals surface area contributed by atoms with E-state index in [-0.39, 0.29) is 56.2 Å². The van der Waals surface area contributed by atoms with Gasteiger partial charge in [-0.2, -0.15) is 0 Å². The number of pyridine rings is 1. The number of piperazine rings is 1. The van der Waals surface area contributed by atoms with Crippen molar-refractivity contribution in [3.05, 3.63) is 96.0 Å². The minimum atomic E-state index is -1.60. The van der Waals surface area contributed by atoms with Gasteiger partial charge in [-0.25, -0.2) is 4.98 Å². The molecule has 0 spiro atoms. The van der Waals surface area contributed by atoms with Crippen LogP contribution in [0.1, 0.15) is 44.2 Å². The minimum Gasteiger partial charge on any atom is -0.480 e. The number of benzene rings is 3. The number of carbonyl (C=O) groups is 7. The van der Waals surface area contributed by atoms with Gasteiger partial charge in [0.25, 0.3) is 17.7 Å². The molecule has 6 N–H and O–H groups in total. The average molecular weight is 1050 g/mol. The number of nitrogens with zero attached hydrogens (tertiary/aromatic N) is 9. The fourth-order valence-corrected chi connectivity index (χ4v) is 9.97. The third-order valence-electron chi connectivity index (χ3n) is 14.1. The lowest BCUT2D eigenvalue weighted by Gasteiger charge is -2.37. The Morgan fingerprint density at radius 2 is 1.28 bits per heavy atom. The SMILES string of the molecule is O=C(O)CN1CCN(CC(=O)N2CCN(CCNC(=O)c3cccc(-c4ccc5nccc(C(=O)NCC(=O)N6CCC[C@H]6C(=O)c6nc7ccccc7o6)c5c4)c3)CC2)CCN(CC(=O)O)CCN(CC(O)O)CC1. The van der Waals surface area contributed by atoms with Gasteiger partial charge >= 0.3 is 11.9 Å². The highest BCUT2D eigenvalue weighted by atomic mass is 16.5. The standard InChI is InChI=1S/C53H65N11O12/c65-45(64-15-4-8-43(64)50(73)53-57-42-7-1-2-9-44(42)76-53)31-56-52(75)39-12-13-54-41-11-10-37(30-40(39)41)36-5-3-6-38(29-36)51(74)55-14-16-58-25-27-63(28-26-58)46(66)32-59-17-19-60(33-47(67)68)21-23-62(35-49(71)72)24-22-61(20-18-59)34-48(69)70/h1-3,5-7,9-13,29-30,43,49,71-72H,4,8,14-28,31-35H2,(H,55,74)(H,56,75)(H,67,68)(H,69,70)/t43-/m0/s1. The number of carboxylic acids is 2. The van der Waals surface area contributed by atoms with Crippen LogP contribution in [0, 0.1) is 0 Å².